The van der Waals surface area contributed by atoms with Crippen LogP contribution in [0.25, 0.3) is 21.8 Å². The van der Waals surface area contributed by atoms with Crippen molar-refractivity contribution in [3.63, 3.8) is 0 Å². The maximum absolute atomic E-state index is 6.41. The normalized spacial score (nSPS) is 13.0. The van der Waals surface area contributed by atoms with Gasteiger partial charge in [-0.15, -0.1) is 11.3 Å². The molecule has 0 amide bonds. The number of nitrogens with two attached hydrogens (primary N) is 1. The Morgan fingerprint density at radius 3 is 2.57 bits per heavy atom. The first-order valence-electron chi connectivity index (χ1n) is 6.72. The first-order chi connectivity index (χ1) is 10.2. The maximum Gasteiger partial charge on any atom is 0.0701 e. The molecule has 3 N–H and O–H groups in total. The molecule has 0 aliphatic carbocycles. The fourth-order valence-electron chi connectivity index (χ4n) is 2.74. The molecular weight excluding hydrogens is 344 g/mol. The molecule has 0 saturated heterocycles. The van der Waals surface area contributed by atoms with Crippen LogP contribution < -0.4 is 5.73 Å². The highest BCUT2D eigenvalue weighted by molar-refractivity contribution is 9.11. The van der Waals surface area contributed by atoms with Gasteiger partial charge in [-0.3, -0.25) is 0 Å². The van der Waals surface area contributed by atoms with Crippen molar-refractivity contribution in [2.75, 3.05) is 0 Å². The molecule has 2 aromatic heterocycles. The maximum atomic E-state index is 6.41. The molecule has 1 atom stereocenters. The number of halogens is 1. The molecule has 21 heavy (non-hydrogen) atoms. The number of thiophene rings is 1. The van der Waals surface area contributed by atoms with Gasteiger partial charge in [-0.1, -0.05) is 24.3 Å². The lowest BCUT2D eigenvalue weighted by Crippen LogP contribution is -2.10. The fraction of sp³-hybridized carbons (Fsp3) is 0.0588. The van der Waals surface area contributed by atoms with Crippen molar-refractivity contribution in [1.82, 2.24) is 4.98 Å². The highest BCUT2D eigenvalue weighted by Crippen LogP contribution is 2.31. The van der Waals surface area contributed by atoms with Gasteiger partial charge < -0.3 is 10.7 Å². The minimum absolute atomic E-state index is 0.0920. The lowest BCUT2D eigenvalue weighted by molar-refractivity contribution is 0.878. The van der Waals surface area contributed by atoms with Gasteiger partial charge >= 0.3 is 0 Å². The second-order valence-corrected chi connectivity index (χ2v) is 7.43. The van der Waals surface area contributed by atoms with Gasteiger partial charge in [-0.2, -0.15) is 0 Å². The second kappa shape index (κ2) is 4.98. The number of benzene rings is 2. The first-order valence-corrected chi connectivity index (χ1v) is 8.39. The van der Waals surface area contributed by atoms with E-state index in [0.29, 0.717) is 0 Å². The highest BCUT2D eigenvalue weighted by Gasteiger charge is 2.12. The summed E-state index contributed by atoms with van der Waals surface area (Å²) < 4.78 is 1.11. The van der Waals surface area contributed by atoms with Crippen LogP contribution >= 0.6 is 27.3 Å². The Bertz CT molecular complexity index is 938. The Labute approximate surface area is 134 Å². The number of hydrogen-bond donors (Lipinski definition) is 2. The first kappa shape index (κ1) is 13.1. The van der Waals surface area contributed by atoms with E-state index in [9.17, 15) is 0 Å². The summed E-state index contributed by atoms with van der Waals surface area (Å²) >= 11 is 5.16. The molecular formula is C17H13BrN2S. The predicted molar refractivity (Wildman–Crippen MR) is 93.9 cm³/mol. The number of rotatable bonds is 2. The average molecular weight is 357 g/mol. The van der Waals surface area contributed by atoms with Crippen LogP contribution in [-0.4, -0.2) is 4.98 Å². The molecule has 2 aromatic carbocycles. The van der Waals surface area contributed by atoms with E-state index in [4.69, 9.17) is 5.73 Å². The zero-order valence-electron chi connectivity index (χ0n) is 11.1. The Hall–Kier alpha value is -1.62. The summed E-state index contributed by atoms with van der Waals surface area (Å²) in [6.07, 6.45) is 0. The molecule has 2 nitrogen and oxygen atoms in total. The Morgan fingerprint density at radius 2 is 1.76 bits per heavy atom. The van der Waals surface area contributed by atoms with Crippen molar-refractivity contribution >= 4 is 49.1 Å². The Kier molecular flexibility index (Phi) is 3.10. The van der Waals surface area contributed by atoms with Gasteiger partial charge in [0.1, 0.15) is 0 Å². The van der Waals surface area contributed by atoms with Gasteiger partial charge in [0.25, 0.3) is 0 Å². The summed E-state index contributed by atoms with van der Waals surface area (Å²) in [5, 5.41) is 4.58. The van der Waals surface area contributed by atoms with Gasteiger partial charge in [-0.25, -0.2) is 0 Å². The van der Waals surface area contributed by atoms with Crippen LogP contribution in [0, 0.1) is 0 Å². The predicted octanol–water partition coefficient (Wildman–Crippen LogP) is 5.19. The molecule has 4 heteroatoms. The van der Waals surface area contributed by atoms with Crippen molar-refractivity contribution in [2.45, 2.75) is 6.04 Å². The zero-order chi connectivity index (χ0) is 14.4. The van der Waals surface area contributed by atoms with E-state index in [1.165, 1.54) is 10.8 Å². The third-order valence-corrected chi connectivity index (χ3v) is 5.36. The molecule has 4 rings (SSSR count). The van der Waals surface area contributed by atoms with E-state index in [1.807, 2.05) is 6.07 Å². The summed E-state index contributed by atoms with van der Waals surface area (Å²) in [7, 11) is 0. The Morgan fingerprint density at radius 1 is 0.952 bits per heavy atom. The molecule has 0 spiro atoms. The number of nitrogens with one attached hydrogen (secondary N) is 1. The summed E-state index contributed by atoms with van der Waals surface area (Å²) in [6.45, 7) is 0. The van der Waals surface area contributed by atoms with Crippen LogP contribution in [0.4, 0.5) is 0 Å². The van der Waals surface area contributed by atoms with Crippen molar-refractivity contribution in [3.05, 3.63) is 68.8 Å². The minimum Gasteiger partial charge on any atom is -0.355 e. The topological polar surface area (TPSA) is 41.8 Å². The van der Waals surface area contributed by atoms with E-state index < -0.39 is 0 Å². The van der Waals surface area contributed by atoms with Gasteiger partial charge in [0.2, 0.25) is 0 Å². The van der Waals surface area contributed by atoms with Crippen LogP contribution in [0.5, 0.6) is 0 Å². The summed E-state index contributed by atoms with van der Waals surface area (Å²) in [6, 6.07) is 16.8. The monoisotopic (exact) mass is 356 g/mol. The van der Waals surface area contributed by atoms with Crippen molar-refractivity contribution in [3.8, 4) is 0 Å². The van der Waals surface area contributed by atoms with E-state index in [-0.39, 0.29) is 6.04 Å². The second-order valence-electron chi connectivity index (χ2n) is 5.14. The van der Waals surface area contributed by atoms with Gasteiger partial charge in [-0.05, 0) is 56.7 Å². The molecule has 104 valence electrons. The molecule has 0 saturated carbocycles. The van der Waals surface area contributed by atoms with Crippen LogP contribution in [0.1, 0.15) is 17.2 Å². The van der Waals surface area contributed by atoms with Crippen molar-refractivity contribution in [1.29, 1.82) is 0 Å². The standard InChI is InChI=1S/C17H13BrN2S/c18-16-8-11(9-21-16)17(19)10-5-6-15-13(7-10)12-3-1-2-4-14(12)20-15/h1-9,17,20H,19H2. The molecule has 0 fully saturated rings. The lowest BCUT2D eigenvalue weighted by Gasteiger charge is -2.10. The van der Waals surface area contributed by atoms with Crippen molar-refractivity contribution < 1.29 is 0 Å². The van der Waals surface area contributed by atoms with Crippen LogP contribution in [-0.2, 0) is 0 Å². The summed E-state index contributed by atoms with van der Waals surface area (Å²) in [5.74, 6) is 0. The quantitative estimate of drug-likeness (QED) is 0.509. The highest BCUT2D eigenvalue weighted by atomic mass is 79.9. The third kappa shape index (κ3) is 2.20. The number of H-pyrrole nitrogens is 1. The van der Waals surface area contributed by atoms with Crippen molar-refractivity contribution in [2.24, 2.45) is 5.73 Å². The van der Waals surface area contributed by atoms with Gasteiger partial charge in [0.15, 0.2) is 0 Å². The summed E-state index contributed by atoms with van der Waals surface area (Å²) in [4.78, 5) is 3.44. The third-order valence-electron chi connectivity index (χ3n) is 3.84. The number of aromatic amines is 1. The van der Waals surface area contributed by atoms with Crippen LogP contribution in [0.15, 0.2) is 57.7 Å². The summed E-state index contributed by atoms with van der Waals surface area (Å²) in [5.41, 5.74) is 11.0. The molecule has 0 radical (unpaired) electrons. The molecule has 0 aliphatic heterocycles. The molecule has 0 aliphatic rings. The zero-order valence-corrected chi connectivity index (χ0v) is 13.5. The van der Waals surface area contributed by atoms with Crippen LogP contribution in [0.2, 0.25) is 0 Å². The molecule has 2 heterocycles. The van der Waals surface area contributed by atoms with Gasteiger partial charge in [0, 0.05) is 21.8 Å². The van der Waals surface area contributed by atoms with E-state index in [2.05, 4.69) is 68.8 Å². The number of fused-ring (bicyclic) bond motifs is 3. The Balaban J connectivity index is 1.88. The SMILES string of the molecule is NC(c1csc(Br)c1)c1ccc2[nH]c3ccccc3c2c1. The average Bonchev–Trinajstić information content (AvgIpc) is 3.09. The number of para-hydroxylation sites is 1. The molecule has 4 aromatic rings. The smallest absolute Gasteiger partial charge is 0.0701 e. The lowest BCUT2D eigenvalue weighted by atomic mass is 10.00. The van der Waals surface area contributed by atoms with Gasteiger partial charge in [0.05, 0.1) is 9.83 Å². The van der Waals surface area contributed by atoms with E-state index in [0.717, 1.165) is 25.9 Å². The van der Waals surface area contributed by atoms with E-state index in [1.54, 1.807) is 11.3 Å². The fourth-order valence-corrected chi connectivity index (χ4v) is 3.95. The molecule has 0 bridgehead atoms. The molecule has 1 unspecified atom stereocenters. The largest absolute Gasteiger partial charge is 0.355 e. The van der Waals surface area contributed by atoms with Crippen LogP contribution in [0.3, 0.4) is 0 Å². The minimum atomic E-state index is -0.0920. The number of hydrogen-bond acceptors (Lipinski definition) is 2. The number of aromatic nitrogens is 1. The van der Waals surface area contributed by atoms with E-state index >= 15 is 0 Å².